The number of nitrogens with one attached hydrogen (secondary N) is 1. The summed E-state index contributed by atoms with van der Waals surface area (Å²) in [5.41, 5.74) is 2.06. The summed E-state index contributed by atoms with van der Waals surface area (Å²) in [5, 5.41) is 3.00. The van der Waals surface area contributed by atoms with Crippen LogP contribution < -0.4 is 10.9 Å². The third-order valence-electron chi connectivity index (χ3n) is 6.08. The molecule has 1 N–H and O–H groups in total. The van der Waals surface area contributed by atoms with Gasteiger partial charge in [-0.25, -0.2) is 4.68 Å². The topological polar surface area (TPSA) is 56.0 Å². The Morgan fingerprint density at radius 3 is 2.28 bits per heavy atom. The summed E-state index contributed by atoms with van der Waals surface area (Å²) >= 11 is 3.47. The average molecular weight is 454 g/mol. The van der Waals surface area contributed by atoms with Gasteiger partial charge < -0.3 is 5.32 Å². The molecule has 1 heterocycles. The van der Waals surface area contributed by atoms with Crippen molar-refractivity contribution in [1.82, 2.24) is 9.36 Å². The second-order valence-electron chi connectivity index (χ2n) is 7.69. The molecule has 0 atom stereocenters. The second-order valence-corrected chi connectivity index (χ2v) is 8.60. The van der Waals surface area contributed by atoms with Crippen LogP contribution >= 0.6 is 15.9 Å². The third kappa shape index (κ3) is 3.35. The van der Waals surface area contributed by atoms with E-state index in [0.29, 0.717) is 5.69 Å². The van der Waals surface area contributed by atoms with Gasteiger partial charge in [-0.3, -0.25) is 14.3 Å². The van der Waals surface area contributed by atoms with Crippen LogP contribution in [0, 0.1) is 6.92 Å². The molecule has 1 saturated carbocycles. The van der Waals surface area contributed by atoms with Crippen LogP contribution in [-0.4, -0.2) is 15.3 Å². The lowest BCUT2D eigenvalue weighted by molar-refractivity contribution is -0.121. The van der Waals surface area contributed by atoms with Gasteiger partial charge in [-0.05, 0) is 49.6 Å². The average Bonchev–Trinajstić information content (AvgIpc) is 3.30. The van der Waals surface area contributed by atoms with Gasteiger partial charge in [0.1, 0.15) is 5.69 Å². The number of carbonyl (C=O) groups excluding carboxylic acids is 1. The largest absolute Gasteiger partial charge is 0.319 e. The molecule has 1 aromatic heterocycles. The predicted octanol–water partition coefficient (Wildman–Crippen LogP) is 4.70. The Kier molecular flexibility index (Phi) is 5.21. The van der Waals surface area contributed by atoms with E-state index in [0.717, 1.165) is 47.1 Å². The number of carbonyl (C=O) groups is 1. The maximum Gasteiger partial charge on any atom is 0.295 e. The monoisotopic (exact) mass is 453 g/mol. The van der Waals surface area contributed by atoms with E-state index in [1.807, 2.05) is 68.6 Å². The molecule has 0 radical (unpaired) electrons. The van der Waals surface area contributed by atoms with Gasteiger partial charge in [0.2, 0.25) is 5.91 Å². The zero-order chi connectivity index (χ0) is 20.6. The number of anilines is 1. The number of aromatic nitrogens is 2. The van der Waals surface area contributed by atoms with E-state index in [-0.39, 0.29) is 11.5 Å². The Balaban J connectivity index is 1.73. The van der Waals surface area contributed by atoms with Crippen LogP contribution in [0.3, 0.4) is 0 Å². The first kappa shape index (κ1) is 19.7. The predicted molar refractivity (Wildman–Crippen MR) is 119 cm³/mol. The van der Waals surface area contributed by atoms with Gasteiger partial charge in [0, 0.05) is 11.5 Å². The zero-order valence-electron chi connectivity index (χ0n) is 16.6. The first-order valence-electron chi connectivity index (χ1n) is 9.85. The zero-order valence-corrected chi connectivity index (χ0v) is 18.2. The molecule has 2 aromatic carbocycles. The lowest BCUT2D eigenvalue weighted by Crippen LogP contribution is -2.39. The van der Waals surface area contributed by atoms with Gasteiger partial charge in [0.05, 0.1) is 16.8 Å². The van der Waals surface area contributed by atoms with Crippen molar-refractivity contribution in [2.75, 3.05) is 5.32 Å². The molecule has 0 unspecified atom stereocenters. The molecular formula is C23H24BrN3O2. The fourth-order valence-corrected chi connectivity index (χ4v) is 4.60. The number of halogens is 1. The van der Waals surface area contributed by atoms with Crippen LogP contribution in [0.4, 0.5) is 5.69 Å². The number of benzene rings is 2. The Bertz CT molecular complexity index is 1090. The highest BCUT2D eigenvalue weighted by Gasteiger charge is 2.43. The molecular weight excluding hydrogens is 430 g/mol. The molecule has 29 heavy (non-hydrogen) atoms. The van der Waals surface area contributed by atoms with Gasteiger partial charge in [-0.15, -0.1) is 0 Å². The first-order chi connectivity index (χ1) is 13.9. The summed E-state index contributed by atoms with van der Waals surface area (Å²) in [5.74, 6) is -0.0941. The van der Waals surface area contributed by atoms with Crippen molar-refractivity contribution < 1.29 is 4.79 Å². The van der Waals surface area contributed by atoms with Gasteiger partial charge in [0.15, 0.2) is 0 Å². The first-order valence-corrected chi connectivity index (χ1v) is 10.6. The van der Waals surface area contributed by atoms with E-state index in [4.69, 9.17) is 0 Å². The summed E-state index contributed by atoms with van der Waals surface area (Å²) in [7, 11) is 1.83. The molecule has 0 bridgehead atoms. The van der Waals surface area contributed by atoms with E-state index in [1.54, 1.807) is 9.36 Å². The van der Waals surface area contributed by atoms with Gasteiger partial charge in [-0.2, -0.15) is 0 Å². The Hall–Kier alpha value is -2.60. The van der Waals surface area contributed by atoms with Crippen LogP contribution in [0.2, 0.25) is 0 Å². The maximum atomic E-state index is 13.5. The molecule has 0 spiro atoms. The number of nitrogens with zero attached hydrogens (tertiary/aromatic N) is 2. The summed E-state index contributed by atoms with van der Waals surface area (Å²) in [6.45, 7) is 1.86. The van der Waals surface area contributed by atoms with Crippen molar-refractivity contribution >= 4 is 27.5 Å². The van der Waals surface area contributed by atoms with Crippen LogP contribution in [0.15, 0.2) is 63.9 Å². The fraction of sp³-hybridized carbons (Fsp3) is 0.304. The lowest BCUT2D eigenvalue weighted by Gasteiger charge is -2.28. The molecule has 3 aromatic rings. The molecule has 1 amide bonds. The van der Waals surface area contributed by atoms with E-state index < -0.39 is 5.41 Å². The second kappa shape index (κ2) is 7.67. The highest BCUT2D eigenvalue weighted by Crippen LogP contribution is 2.42. The van der Waals surface area contributed by atoms with Crippen LogP contribution in [0.5, 0.6) is 0 Å². The van der Waals surface area contributed by atoms with Crippen molar-refractivity contribution in [3.8, 4) is 5.69 Å². The van der Waals surface area contributed by atoms with Gasteiger partial charge >= 0.3 is 0 Å². The molecule has 1 fully saturated rings. The standard InChI is InChI=1S/C23H24BrN3O2/c1-16-20(21(28)27(26(16)2)19-8-4-3-5-9-19)25-22(29)23(14-6-7-15-23)17-10-12-18(24)13-11-17/h3-5,8-13H,6-7,14-15H2,1-2H3,(H,25,29). The minimum atomic E-state index is -0.590. The number of hydrogen-bond acceptors (Lipinski definition) is 2. The number of rotatable bonds is 4. The maximum absolute atomic E-state index is 13.5. The minimum Gasteiger partial charge on any atom is -0.319 e. The lowest BCUT2D eigenvalue weighted by atomic mass is 9.78. The normalized spacial score (nSPS) is 15.4. The van der Waals surface area contributed by atoms with Gasteiger partial charge in [-0.1, -0.05) is 59.1 Å². The molecule has 5 nitrogen and oxygen atoms in total. The summed E-state index contributed by atoms with van der Waals surface area (Å²) in [6, 6.07) is 17.4. The number of hydrogen-bond donors (Lipinski definition) is 1. The van der Waals surface area contributed by atoms with Crippen LogP contribution in [0.1, 0.15) is 36.9 Å². The number of amides is 1. The highest BCUT2D eigenvalue weighted by atomic mass is 79.9. The fourth-order valence-electron chi connectivity index (χ4n) is 4.34. The van der Waals surface area contributed by atoms with Crippen molar-refractivity contribution in [3.05, 3.63) is 80.7 Å². The molecule has 0 aliphatic heterocycles. The van der Waals surface area contributed by atoms with E-state index in [9.17, 15) is 9.59 Å². The minimum absolute atomic E-state index is 0.0941. The molecule has 1 aliphatic carbocycles. The molecule has 6 heteroatoms. The Morgan fingerprint density at radius 1 is 1.03 bits per heavy atom. The van der Waals surface area contributed by atoms with Crippen LogP contribution in [0.25, 0.3) is 5.69 Å². The summed E-state index contributed by atoms with van der Waals surface area (Å²) < 4.78 is 4.36. The van der Waals surface area contributed by atoms with Gasteiger partial charge in [0.25, 0.3) is 5.56 Å². The quantitative estimate of drug-likeness (QED) is 0.622. The Labute approximate surface area is 178 Å². The summed E-state index contributed by atoms with van der Waals surface area (Å²) in [6.07, 6.45) is 3.59. The molecule has 4 rings (SSSR count). The molecule has 150 valence electrons. The van der Waals surface area contributed by atoms with Crippen molar-refractivity contribution in [3.63, 3.8) is 0 Å². The smallest absolute Gasteiger partial charge is 0.295 e. The SMILES string of the molecule is Cc1c(NC(=O)C2(c3ccc(Br)cc3)CCCC2)c(=O)n(-c2ccccc2)n1C. The molecule has 0 saturated heterocycles. The summed E-state index contributed by atoms with van der Waals surface area (Å²) in [4.78, 5) is 26.7. The molecule has 1 aliphatic rings. The Morgan fingerprint density at radius 2 is 1.66 bits per heavy atom. The van der Waals surface area contributed by atoms with E-state index in [2.05, 4.69) is 21.2 Å². The highest BCUT2D eigenvalue weighted by molar-refractivity contribution is 9.10. The van der Waals surface area contributed by atoms with Crippen molar-refractivity contribution in [1.29, 1.82) is 0 Å². The third-order valence-corrected chi connectivity index (χ3v) is 6.61. The van der Waals surface area contributed by atoms with Crippen molar-refractivity contribution in [2.45, 2.75) is 38.0 Å². The number of para-hydroxylation sites is 1. The van der Waals surface area contributed by atoms with E-state index in [1.165, 1.54) is 0 Å². The van der Waals surface area contributed by atoms with Crippen LogP contribution in [-0.2, 0) is 17.3 Å². The van der Waals surface area contributed by atoms with Crippen molar-refractivity contribution in [2.24, 2.45) is 7.05 Å². The van der Waals surface area contributed by atoms with E-state index >= 15 is 0 Å².